The number of piperazine rings is 1. The van der Waals surface area contributed by atoms with E-state index in [2.05, 4.69) is 26.8 Å². The number of aromatic nitrogens is 4. The first kappa shape index (κ1) is 21.7. The summed E-state index contributed by atoms with van der Waals surface area (Å²) in [7, 11) is 1.76. The van der Waals surface area contributed by atoms with Gasteiger partial charge < -0.3 is 9.80 Å². The van der Waals surface area contributed by atoms with E-state index in [9.17, 15) is 4.79 Å². The molecule has 8 heteroatoms. The molecular formula is C28H21FN6O. The summed E-state index contributed by atoms with van der Waals surface area (Å²) in [4.78, 5) is 28.7. The van der Waals surface area contributed by atoms with Crippen LogP contribution in [0.3, 0.4) is 0 Å². The summed E-state index contributed by atoms with van der Waals surface area (Å²) in [5, 5.41) is 0.872. The molecule has 1 saturated heterocycles. The number of anilines is 1. The van der Waals surface area contributed by atoms with E-state index in [0.29, 0.717) is 30.0 Å². The maximum absolute atomic E-state index is 15.3. The van der Waals surface area contributed by atoms with E-state index in [1.165, 1.54) is 6.07 Å². The van der Waals surface area contributed by atoms with Gasteiger partial charge in [0.05, 0.1) is 35.1 Å². The Hall–Kier alpha value is -4.77. The van der Waals surface area contributed by atoms with Crippen molar-refractivity contribution >= 4 is 33.5 Å². The molecule has 0 bridgehead atoms. The van der Waals surface area contributed by atoms with E-state index in [-0.39, 0.29) is 18.3 Å². The van der Waals surface area contributed by atoms with Crippen molar-refractivity contribution in [3.63, 3.8) is 0 Å². The van der Waals surface area contributed by atoms with Crippen molar-refractivity contribution in [3.05, 3.63) is 90.4 Å². The number of hydrogen-bond donors (Lipinski definition) is 0. The highest BCUT2D eigenvalue weighted by molar-refractivity contribution is 6.03. The summed E-state index contributed by atoms with van der Waals surface area (Å²) in [6, 6.07) is 14.6. The summed E-state index contributed by atoms with van der Waals surface area (Å²) >= 11 is 0. The second kappa shape index (κ2) is 8.78. The van der Waals surface area contributed by atoms with Crippen molar-refractivity contribution in [3.8, 4) is 17.5 Å². The maximum Gasteiger partial charge on any atom is 0.241 e. The van der Waals surface area contributed by atoms with Crippen molar-refractivity contribution in [1.29, 1.82) is 0 Å². The first-order valence-electron chi connectivity index (χ1n) is 11.5. The van der Waals surface area contributed by atoms with Crippen LogP contribution in [0.1, 0.15) is 11.1 Å². The fourth-order valence-corrected chi connectivity index (χ4v) is 4.41. The average Bonchev–Trinajstić information content (AvgIpc) is 3.34. The number of pyridine rings is 2. The minimum atomic E-state index is -0.381. The largest absolute Gasteiger partial charge is 0.358 e. The van der Waals surface area contributed by atoms with Crippen LogP contribution in [0.2, 0.25) is 0 Å². The lowest BCUT2D eigenvalue weighted by atomic mass is 10.1. The SMILES string of the molecule is CN1CCN(c2ccc(-n3cnc4cnc5ccc(C#Cc6cccnc6)cc5c43)cc2F)CC1=O. The highest BCUT2D eigenvalue weighted by atomic mass is 19.1. The molecule has 0 atom stereocenters. The third kappa shape index (κ3) is 3.91. The molecule has 5 aromatic rings. The number of amides is 1. The molecule has 0 saturated carbocycles. The van der Waals surface area contributed by atoms with Crippen LogP contribution >= 0.6 is 0 Å². The van der Waals surface area contributed by atoms with Crippen molar-refractivity contribution in [2.75, 3.05) is 31.6 Å². The van der Waals surface area contributed by atoms with E-state index in [4.69, 9.17) is 0 Å². The zero-order valence-electron chi connectivity index (χ0n) is 19.5. The Labute approximate surface area is 206 Å². The Morgan fingerprint density at radius 2 is 1.83 bits per heavy atom. The third-order valence-electron chi connectivity index (χ3n) is 6.39. The van der Waals surface area contributed by atoms with Gasteiger partial charge in [-0.2, -0.15) is 0 Å². The maximum atomic E-state index is 15.3. The zero-order chi connectivity index (χ0) is 24.6. The van der Waals surface area contributed by atoms with Crippen LogP contribution in [0, 0.1) is 17.7 Å². The minimum Gasteiger partial charge on any atom is -0.358 e. The van der Waals surface area contributed by atoms with Crippen LogP contribution in [-0.4, -0.2) is 57.0 Å². The van der Waals surface area contributed by atoms with E-state index in [1.54, 1.807) is 47.8 Å². The summed E-state index contributed by atoms with van der Waals surface area (Å²) in [6.45, 7) is 1.32. The zero-order valence-corrected chi connectivity index (χ0v) is 19.5. The molecule has 7 nitrogen and oxygen atoms in total. The Balaban J connectivity index is 1.41. The molecule has 1 fully saturated rings. The van der Waals surface area contributed by atoms with Crippen LogP contribution in [0.4, 0.5) is 10.1 Å². The number of hydrogen-bond acceptors (Lipinski definition) is 5. The predicted molar refractivity (Wildman–Crippen MR) is 136 cm³/mol. The van der Waals surface area contributed by atoms with Crippen LogP contribution in [-0.2, 0) is 4.79 Å². The first-order valence-corrected chi connectivity index (χ1v) is 11.5. The van der Waals surface area contributed by atoms with Crippen molar-refractivity contribution in [1.82, 2.24) is 24.4 Å². The molecule has 0 aliphatic carbocycles. The first-order chi connectivity index (χ1) is 17.6. The molecule has 0 unspecified atom stereocenters. The van der Waals surface area contributed by atoms with Crippen molar-refractivity contribution < 1.29 is 9.18 Å². The highest BCUT2D eigenvalue weighted by Crippen LogP contribution is 2.29. The second-order valence-electron chi connectivity index (χ2n) is 8.70. The molecule has 0 spiro atoms. The lowest BCUT2D eigenvalue weighted by molar-refractivity contribution is -0.129. The topological polar surface area (TPSA) is 67.2 Å². The molecule has 2 aromatic carbocycles. The van der Waals surface area contributed by atoms with E-state index >= 15 is 4.39 Å². The fourth-order valence-electron chi connectivity index (χ4n) is 4.41. The van der Waals surface area contributed by atoms with Gasteiger partial charge in [0.2, 0.25) is 5.91 Å². The molecule has 0 radical (unpaired) electrons. The van der Waals surface area contributed by atoms with Gasteiger partial charge in [-0.05, 0) is 42.5 Å². The van der Waals surface area contributed by atoms with E-state index in [1.807, 2.05) is 41.0 Å². The number of rotatable bonds is 2. The standard InChI is InChI=1S/C28H21FN6O/c1-33-11-12-34(17-27(33)36)26-9-7-21(14-23(26)29)35-18-32-25-16-31-24-8-6-19(13-22(24)28(25)35)4-5-20-3-2-10-30-15-20/h2-3,6-10,13-16,18H,11-12,17H2,1H3. The highest BCUT2D eigenvalue weighted by Gasteiger charge is 2.23. The van der Waals surface area contributed by atoms with Crippen LogP contribution in [0.15, 0.2) is 73.4 Å². The van der Waals surface area contributed by atoms with Gasteiger partial charge in [0.25, 0.3) is 0 Å². The lowest BCUT2D eigenvalue weighted by Crippen LogP contribution is -2.48. The number of carbonyl (C=O) groups excluding carboxylic acids is 1. The van der Waals surface area contributed by atoms with Crippen LogP contribution in [0.25, 0.3) is 27.6 Å². The number of halogens is 1. The molecule has 0 N–H and O–H groups in total. The van der Waals surface area contributed by atoms with E-state index in [0.717, 1.165) is 27.5 Å². The van der Waals surface area contributed by atoms with Crippen LogP contribution < -0.4 is 4.90 Å². The van der Waals surface area contributed by atoms with Crippen molar-refractivity contribution in [2.45, 2.75) is 0 Å². The lowest BCUT2D eigenvalue weighted by Gasteiger charge is -2.33. The van der Waals surface area contributed by atoms with Gasteiger partial charge in [-0.25, -0.2) is 9.37 Å². The predicted octanol–water partition coefficient (Wildman–Crippen LogP) is 3.79. The summed E-state index contributed by atoms with van der Waals surface area (Å²) < 4.78 is 17.1. The summed E-state index contributed by atoms with van der Waals surface area (Å²) in [5.41, 5.74) is 5.04. The average molecular weight is 477 g/mol. The van der Waals surface area contributed by atoms with Gasteiger partial charge in [-0.15, -0.1) is 0 Å². The summed E-state index contributed by atoms with van der Waals surface area (Å²) in [6.07, 6.45) is 6.83. The number of imidazole rings is 1. The van der Waals surface area contributed by atoms with Crippen molar-refractivity contribution in [2.24, 2.45) is 0 Å². The number of likely N-dealkylation sites (N-methyl/N-ethyl adjacent to an activating group) is 1. The summed E-state index contributed by atoms with van der Waals surface area (Å²) in [5.74, 6) is 5.91. The molecule has 1 aliphatic rings. The normalized spacial score (nSPS) is 13.8. The second-order valence-corrected chi connectivity index (χ2v) is 8.70. The molecule has 1 amide bonds. The minimum absolute atomic E-state index is 0.0215. The van der Waals surface area contributed by atoms with Gasteiger partial charge in [0.15, 0.2) is 0 Å². The number of carbonyl (C=O) groups is 1. The third-order valence-corrected chi connectivity index (χ3v) is 6.39. The monoisotopic (exact) mass is 476 g/mol. The van der Waals surface area contributed by atoms with Gasteiger partial charge in [-0.1, -0.05) is 11.8 Å². The Morgan fingerprint density at radius 3 is 2.64 bits per heavy atom. The quantitative estimate of drug-likeness (QED) is 0.363. The van der Waals surface area contributed by atoms with Gasteiger partial charge >= 0.3 is 0 Å². The van der Waals surface area contributed by atoms with Crippen LogP contribution in [0.5, 0.6) is 0 Å². The van der Waals surface area contributed by atoms with Gasteiger partial charge in [0.1, 0.15) is 17.7 Å². The molecular weight excluding hydrogens is 455 g/mol. The van der Waals surface area contributed by atoms with E-state index < -0.39 is 0 Å². The number of benzene rings is 2. The number of nitrogens with zero attached hydrogens (tertiary/aromatic N) is 6. The van der Waals surface area contributed by atoms with Gasteiger partial charge in [0, 0.05) is 55.1 Å². The van der Waals surface area contributed by atoms with Gasteiger partial charge in [-0.3, -0.25) is 19.3 Å². The smallest absolute Gasteiger partial charge is 0.241 e. The molecule has 1 aliphatic heterocycles. The molecule has 36 heavy (non-hydrogen) atoms. The molecule has 176 valence electrons. The Morgan fingerprint density at radius 1 is 0.944 bits per heavy atom. The molecule has 6 rings (SSSR count). The Kier molecular flexibility index (Phi) is 5.30. The number of fused-ring (bicyclic) bond motifs is 3. The Bertz CT molecular complexity index is 1690. The fraction of sp³-hybridized carbons (Fsp3) is 0.143. The molecule has 4 heterocycles. The molecule has 3 aromatic heterocycles.